The van der Waals surface area contributed by atoms with Crippen molar-refractivity contribution in [1.29, 1.82) is 0 Å². The van der Waals surface area contributed by atoms with Gasteiger partial charge in [-0.1, -0.05) is 6.07 Å². The van der Waals surface area contributed by atoms with E-state index in [0.717, 1.165) is 0 Å². The van der Waals surface area contributed by atoms with Crippen molar-refractivity contribution in [2.45, 2.75) is 18.6 Å². The van der Waals surface area contributed by atoms with Gasteiger partial charge in [-0.2, -0.15) is 0 Å². The van der Waals surface area contributed by atoms with Gasteiger partial charge >= 0.3 is 0 Å². The molecule has 0 saturated heterocycles. The molecule has 0 aromatic heterocycles. The first-order chi connectivity index (χ1) is 9.52. The number of methoxy groups -OCH3 is 1. The van der Waals surface area contributed by atoms with Crippen LogP contribution in [-0.2, 0) is 0 Å². The molecule has 20 heavy (non-hydrogen) atoms. The molecule has 2 unspecified atom stereocenters. The van der Waals surface area contributed by atoms with Gasteiger partial charge in [0, 0.05) is 19.2 Å². The Hall–Kier alpha value is -1.44. The van der Waals surface area contributed by atoms with E-state index in [2.05, 4.69) is 5.32 Å². The van der Waals surface area contributed by atoms with Gasteiger partial charge in [-0.05, 0) is 12.1 Å². The maximum absolute atomic E-state index is 12.0. The van der Waals surface area contributed by atoms with Crippen LogP contribution in [0.25, 0.3) is 0 Å². The largest absolute Gasteiger partial charge is 0.497 e. The minimum Gasteiger partial charge on any atom is -0.497 e. The first-order valence-electron chi connectivity index (χ1n) is 6.14. The van der Waals surface area contributed by atoms with Gasteiger partial charge in [-0.25, -0.2) is 8.78 Å². The van der Waals surface area contributed by atoms with E-state index in [1.807, 2.05) is 0 Å². The van der Waals surface area contributed by atoms with Gasteiger partial charge in [0.25, 0.3) is 6.43 Å². The molecule has 1 aromatic rings. The SMILES string of the molecule is COc1cccc(OCC(O)CNCC(O)C(F)F)c1. The lowest BCUT2D eigenvalue weighted by Crippen LogP contribution is -2.38. The van der Waals surface area contributed by atoms with Crippen molar-refractivity contribution < 1.29 is 28.5 Å². The molecule has 0 amide bonds. The van der Waals surface area contributed by atoms with Crippen LogP contribution in [-0.4, -0.2) is 55.7 Å². The topological polar surface area (TPSA) is 71.0 Å². The average molecular weight is 291 g/mol. The quantitative estimate of drug-likeness (QED) is 0.623. The van der Waals surface area contributed by atoms with Crippen LogP contribution in [0.2, 0.25) is 0 Å². The highest BCUT2D eigenvalue weighted by Crippen LogP contribution is 2.18. The Morgan fingerprint density at radius 2 is 1.90 bits per heavy atom. The maximum atomic E-state index is 12.0. The van der Waals surface area contributed by atoms with Crippen LogP contribution in [0.3, 0.4) is 0 Å². The molecule has 3 N–H and O–H groups in total. The summed E-state index contributed by atoms with van der Waals surface area (Å²) >= 11 is 0. The number of benzene rings is 1. The van der Waals surface area contributed by atoms with E-state index in [0.29, 0.717) is 11.5 Å². The zero-order valence-electron chi connectivity index (χ0n) is 11.1. The molecule has 1 rings (SSSR count). The zero-order chi connectivity index (χ0) is 15.0. The monoisotopic (exact) mass is 291 g/mol. The Balaban J connectivity index is 2.24. The van der Waals surface area contributed by atoms with Gasteiger partial charge in [0.1, 0.15) is 30.3 Å². The molecule has 2 atom stereocenters. The maximum Gasteiger partial charge on any atom is 0.265 e. The van der Waals surface area contributed by atoms with Gasteiger partial charge in [0.2, 0.25) is 0 Å². The van der Waals surface area contributed by atoms with E-state index in [4.69, 9.17) is 14.6 Å². The lowest BCUT2D eigenvalue weighted by molar-refractivity contribution is -0.00529. The molecule has 0 aliphatic rings. The van der Waals surface area contributed by atoms with Crippen LogP contribution in [0.4, 0.5) is 8.78 Å². The standard InChI is InChI=1S/C13H19F2NO4/c1-19-10-3-2-4-11(5-10)20-8-9(17)6-16-7-12(18)13(14)15/h2-5,9,12-13,16-18H,6-8H2,1H3. The number of rotatable bonds is 9. The summed E-state index contributed by atoms with van der Waals surface area (Å²) in [4.78, 5) is 0. The number of hydrogen-bond acceptors (Lipinski definition) is 5. The fourth-order valence-corrected chi connectivity index (χ4v) is 1.43. The third kappa shape index (κ3) is 6.14. The van der Waals surface area contributed by atoms with Crippen molar-refractivity contribution in [2.75, 3.05) is 26.8 Å². The number of nitrogens with one attached hydrogen (secondary N) is 1. The molecule has 0 heterocycles. The van der Waals surface area contributed by atoms with Crippen molar-refractivity contribution in [3.8, 4) is 11.5 Å². The molecular weight excluding hydrogens is 272 g/mol. The molecule has 0 aliphatic heterocycles. The number of aliphatic hydroxyl groups is 2. The number of aliphatic hydroxyl groups excluding tert-OH is 2. The van der Waals surface area contributed by atoms with Crippen molar-refractivity contribution in [1.82, 2.24) is 5.32 Å². The molecule has 0 radical (unpaired) electrons. The first kappa shape index (κ1) is 16.6. The summed E-state index contributed by atoms with van der Waals surface area (Å²) in [7, 11) is 1.53. The van der Waals surface area contributed by atoms with Crippen molar-refractivity contribution >= 4 is 0 Å². The van der Waals surface area contributed by atoms with E-state index in [-0.39, 0.29) is 19.7 Å². The van der Waals surface area contributed by atoms with Crippen LogP contribution in [0.15, 0.2) is 24.3 Å². The second-order valence-corrected chi connectivity index (χ2v) is 4.20. The van der Waals surface area contributed by atoms with Crippen molar-refractivity contribution in [3.05, 3.63) is 24.3 Å². The Bertz CT molecular complexity index is 392. The summed E-state index contributed by atoms with van der Waals surface area (Å²) in [6.45, 7) is -0.230. The summed E-state index contributed by atoms with van der Waals surface area (Å²) < 4.78 is 34.4. The summed E-state index contributed by atoms with van der Waals surface area (Å²) in [5.41, 5.74) is 0. The molecule has 0 spiro atoms. The van der Waals surface area contributed by atoms with Gasteiger partial charge in [-0.15, -0.1) is 0 Å². The highest BCUT2D eigenvalue weighted by atomic mass is 19.3. The molecule has 0 fully saturated rings. The van der Waals surface area contributed by atoms with Gasteiger partial charge in [-0.3, -0.25) is 0 Å². The summed E-state index contributed by atoms with van der Waals surface area (Å²) in [5.74, 6) is 1.17. The first-order valence-corrected chi connectivity index (χ1v) is 6.14. The van der Waals surface area contributed by atoms with Gasteiger partial charge < -0.3 is 25.0 Å². The molecule has 114 valence electrons. The summed E-state index contributed by atoms with van der Waals surface area (Å²) in [5, 5.41) is 21.0. The average Bonchev–Trinajstić information content (AvgIpc) is 2.45. The highest BCUT2D eigenvalue weighted by molar-refractivity contribution is 5.32. The fourth-order valence-electron chi connectivity index (χ4n) is 1.43. The Labute approximate surface area is 116 Å². The second-order valence-electron chi connectivity index (χ2n) is 4.20. The van der Waals surface area contributed by atoms with E-state index >= 15 is 0 Å². The normalized spacial score (nSPS) is 14.1. The van der Waals surface area contributed by atoms with Crippen LogP contribution in [0.5, 0.6) is 11.5 Å². The Morgan fingerprint density at radius 1 is 1.20 bits per heavy atom. The number of ether oxygens (including phenoxy) is 2. The molecule has 1 aromatic carbocycles. The van der Waals surface area contributed by atoms with Gasteiger partial charge in [0.15, 0.2) is 0 Å². The second kappa shape index (κ2) is 8.68. The zero-order valence-corrected chi connectivity index (χ0v) is 11.1. The molecule has 7 heteroatoms. The van der Waals surface area contributed by atoms with E-state index in [1.54, 1.807) is 24.3 Å². The summed E-state index contributed by atoms with van der Waals surface area (Å²) in [6, 6.07) is 6.89. The Kier molecular flexibility index (Phi) is 7.21. The smallest absolute Gasteiger partial charge is 0.265 e. The Morgan fingerprint density at radius 3 is 2.55 bits per heavy atom. The molecule has 5 nitrogen and oxygen atoms in total. The summed E-state index contributed by atoms with van der Waals surface area (Å²) in [6.07, 6.45) is -5.40. The molecule has 0 saturated carbocycles. The predicted octanol–water partition coefficient (Wildman–Crippen LogP) is 0.650. The van der Waals surface area contributed by atoms with Crippen molar-refractivity contribution in [2.24, 2.45) is 0 Å². The number of halogens is 2. The number of hydrogen-bond donors (Lipinski definition) is 3. The van der Waals surface area contributed by atoms with E-state index in [1.165, 1.54) is 7.11 Å². The van der Waals surface area contributed by atoms with Crippen LogP contribution in [0, 0.1) is 0 Å². The lowest BCUT2D eigenvalue weighted by Gasteiger charge is -2.15. The third-order valence-corrected chi connectivity index (χ3v) is 2.51. The fraction of sp³-hybridized carbons (Fsp3) is 0.538. The van der Waals surface area contributed by atoms with Crippen LogP contribution >= 0.6 is 0 Å². The van der Waals surface area contributed by atoms with Crippen LogP contribution < -0.4 is 14.8 Å². The van der Waals surface area contributed by atoms with E-state index in [9.17, 15) is 13.9 Å². The number of alkyl halides is 2. The molecular formula is C13H19F2NO4. The minimum absolute atomic E-state index is 0.00490. The third-order valence-electron chi connectivity index (χ3n) is 2.51. The van der Waals surface area contributed by atoms with Crippen LogP contribution in [0.1, 0.15) is 0 Å². The van der Waals surface area contributed by atoms with Gasteiger partial charge in [0.05, 0.1) is 7.11 Å². The molecule has 0 aliphatic carbocycles. The van der Waals surface area contributed by atoms with Crippen molar-refractivity contribution in [3.63, 3.8) is 0 Å². The highest BCUT2D eigenvalue weighted by Gasteiger charge is 2.16. The minimum atomic E-state index is -2.80. The lowest BCUT2D eigenvalue weighted by atomic mass is 10.3. The molecule has 0 bridgehead atoms. The van der Waals surface area contributed by atoms with E-state index < -0.39 is 18.6 Å². The predicted molar refractivity (Wildman–Crippen MR) is 69.4 cm³/mol.